The Bertz CT molecular complexity index is 1300. The molecule has 36 heavy (non-hydrogen) atoms. The van der Waals surface area contributed by atoms with E-state index in [9.17, 15) is 18.0 Å². The Balaban J connectivity index is 0.000000384. The van der Waals surface area contributed by atoms with Crippen LogP contribution in [0, 0.1) is 13.8 Å². The van der Waals surface area contributed by atoms with Gasteiger partial charge >= 0.3 is 12.1 Å². The van der Waals surface area contributed by atoms with E-state index in [2.05, 4.69) is 39.7 Å². The van der Waals surface area contributed by atoms with Crippen LogP contribution in [0.4, 0.5) is 13.2 Å². The smallest absolute Gasteiger partial charge is 0.475 e. The number of carboxylic acids is 1. The number of imidazole rings is 1. The molecule has 2 aliphatic rings. The normalized spacial score (nSPS) is 15.6. The quantitative estimate of drug-likeness (QED) is 0.550. The van der Waals surface area contributed by atoms with Crippen molar-refractivity contribution in [3.63, 3.8) is 0 Å². The lowest BCUT2D eigenvalue weighted by atomic mass is 10.0. The van der Waals surface area contributed by atoms with Crippen molar-refractivity contribution in [2.75, 3.05) is 20.1 Å². The molecule has 0 fully saturated rings. The first-order valence-electron chi connectivity index (χ1n) is 11.3. The first kappa shape index (κ1) is 25.8. The maximum atomic E-state index is 13.1. The van der Waals surface area contributed by atoms with Gasteiger partial charge in [0.25, 0.3) is 5.91 Å². The molecule has 0 spiro atoms. The fourth-order valence-electron chi connectivity index (χ4n) is 4.55. The van der Waals surface area contributed by atoms with E-state index in [1.807, 2.05) is 24.9 Å². The van der Waals surface area contributed by atoms with Gasteiger partial charge in [0.1, 0.15) is 10.7 Å². The number of aliphatic carboxylic acids is 1. The lowest BCUT2D eigenvalue weighted by molar-refractivity contribution is -0.192. The van der Waals surface area contributed by atoms with Crippen LogP contribution in [-0.2, 0) is 30.8 Å². The number of halogens is 3. The van der Waals surface area contributed by atoms with Crippen LogP contribution < -0.4 is 0 Å². The monoisotopic (exact) mass is 521 g/mol. The van der Waals surface area contributed by atoms with Crippen molar-refractivity contribution in [1.29, 1.82) is 0 Å². The largest absolute Gasteiger partial charge is 0.490 e. The summed E-state index contributed by atoms with van der Waals surface area (Å²) < 4.78 is 34.0. The van der Waals surface area contributed by atoms with Gasteiger partial charge in [-0.3, -0.25) is 9.69 Å². The number of hydrogen-bond donors (Lipinski definition) is 1. The van der Waals surface area contributed by atoms with Gasteiger partial charge in [0.05, 0.1) is 22.6 Å². The van der Waals surface area contributed by atoms with Crippen LogP contribution >= 0.6 is 11.3 Å². The summed E-state index contributed by atoms with van der Waals surface area (Å²) in [4.78, 5) is 36.2. The lowest BCUT2D eigenvalue weighted by Crippen LogP contribution is -2.33. The summed E-state index contributed by atoms with van der Waals surface area (Å²) in [5.74, 6) is -1.59. The molecule has 1 aromatic carbocycles. The van der Waals surface area contributed by atoms with Crippen LogP contribution in [0.3, 0.4) is 0 Å². The number of carbonyl (C=O) groups excluding carboxylic acids is 1. The second kappa shape index (κ2) is 10.0. The van der Waals surface area contributed by atoms with Crippen LogP contribution in [0.5, 0.6) is 0 Å². The zero-order valence-corrected chi connectivity index (χ0v) is 20.9. The number of fused-ring (bicyclic) bond motifs is 2. The summed E-state index contributed by atoms with van der Waals surface area (Å²) in [6.45, 7) is 8.01. The molecule has 4 heterocycles. The number of aryl methyl sites for hydroxylation is 2. The highest BCUT2D eigenvalue weighted by Crippen LogP contribution is 2.33. The van der Waals surface area contributed by atoms with E-state index in [4.69, 9.17) is 14.9 Å². The molecule has 0 bridgehead atoms. The van der Waals surface area contributed by atoms with Gasteiger partial charge in [0.2, 0.25) is 0 Å². The molecule has 5 rings (SSSR count). The number of aromatic nitrogens is 3. The number of rotatable bonds is 2. The topological polar surface area (TPSA) is 91.6 Å². The summed E-state index contributed by atoms with van der Waals surface area (Å²) in [7, 11) is 2.16. The highest BCUT2D eigenvalue weighted by molar-refractivity contribution is 7.13. The Morgan fingerprint density at radius 1 is 1.11 bits per heavy atom. The third-order valence-corrected chi connectivity index (χ3v) is 7.24. The molecular weight excluding hydrogens is 495 g/mol. The zero-order valence-electron chi connectivity index (χ0n) is 20.1. The lowest BCUT2D eigenvalue weighted by Gasteiger charge is -2.20. The summed E-state index contributed by atoms with van der Waals surface area (Å²) in [5.41, 5.74) is 6.10. The van der Waals surface area contributed by atoms with Crippen molar-refractivity contribution in [1.82, 2.24) is 24.3 Å². The van der Waals surface area contributed by atoms with E-state index in [0.29, 0.717) is 13.1 Å². The standard InChI is InChI=1S/C22H25N5OS.C2HF3O2/c1-14-21(29-15(2)24-14)22(28)26-8-7-20-23-11-19(27(20)10-9-26)17-6-4-5-16-12-25(3)13-18(16)17;3-2(4,5)1(6)7/h4-6,11H,7-10,12-13H2,1-3H3;(H,6,7). The van der Waals surface area contributed by atoms with E-state index >= 15 is 0 Å². The zero-order chi connectivity index (χ0) is 26.2. The van der Waals surface area contributed by atoms with Crippen LogP contribution in [0.15, 0.2) is 24.4 Å². The maximum Gasteiger partial charge on any atom is 0.490 e. The van der Waals surface area contributed by atoms with E-state index < -0.39 is 12.1 Å². The van der Waals surface area contributed by atoms with E-state index in [1.165, 1.54) is 33.7 Å². The predicted molar refractivity (Wildman–Crippen MR) is 128 cm³/mol. The van der Waals surface area contributed by atoms with Gasteiger partial charge in [-0.05, 0) is 32.0 Å². The summed E-state index contributed by atoms with van der Waals surface area (Å²) >= 11 is 1.49. The average Bonchev–Trinajstić information content (AvgIpc) is 3.44. The first-order chi connectivity index (χ1) is 17.0. The summed E-state index contributed by atoms with van der Waals surface area (Å²) in [6.07, 6.45) is -2.30. The molecule has 2 aromatic heterocycles. The Morgan fingerprint density at radius 3 is 2.47 bits per heavy atom. The molecule has 0 saturated heterocycles. The molecule has 2 aliphatic heterocycles. The molecule has 1 N–H and O–H groups in total. The minimum atomic E-state index is -5.08. The van der Waals surface area contributed by atoms with Crippen molar-refractivity contribution in [3.05, 3.63) is 56.9 Å². The number of nitrogens with zero attached hydrogens (tertiary/aromatic N) is 5. The van der Waals surface area contributed by atoms with Gasteiger partial charge in [0.15, 0.2) is 0 Å². The van der Waals surface area contributed by atoms with Gasteiger partial charge in [-0.2, -0.15) is 13.2 Å². The summed E-state index contributed by atoms with van der Waals surface area (Å²) in [5, 5.41) is 8.07. The molecule has 0 saturated carbocycles. The van der Waals surface area contributed by atoms with E-state index in [-0.39, 0.29) is 5.91 Å². The Morgan fingerprint density at radius 2 is 1.83 bits per heavy atom. The summed E-state index contributed by atoms with van der Waals surface area (Å²) in [6, 6.07) is 6.58. The van der Waals surface area contributed by atoms with Gasteiger partial charge in [-0.15, -0.1) is 11.3 Å². The van der Waals surface area contributed by atoms with Crippen molar-refractivity contribution >= 4 is 23.2 Å². The Hall–Kier alpha value is -3.25. The number of thiazole rings is 1. The van der Waals surface area contributed by atoms with Crippen LogP contribution in [0.2, 0.25) is 0 Å². The molecule has 192 valence electrons. The number of alkyl halides is 3. The van der Waals surface area contributed by atoms with Crippen molar-refractivity contribution in [3.8, 4) is 11.3 Å². The SMILES string of the molecule is Cc1nc(C)c(C(=O)N2CCc3ncc(-c4cccc5c4CN(C)C5)n3CC2)s1.O=C(O)C(F)(F)F. The number of amides is 1. The molecule has 0 radical (unpaired) electrons. The van der Waals surface area contributed by atoms with Crippen molar-refractivity contribution in [2.24, 2.45) is 0 Å². The highest BCUT2D eigenvalue weighted by atomic mass is 32.1. The number of carboxylic acid groups (broad SMARTS) is 1. The molecule has 0 atom stereocenters. The maximum absolute atomic E-state index is 13.1. The third-order valence-electron chi connectivity index (χ3n) is 6.18. The Kier molecular flexibility index (Phi) is 7.19. The van der Waals surface area contributed by atoms with Crippen molar-refractivity contribution in [2.45, 2.75) is 46.1 Å². The number of carbonyl (C=O) groups is 2. The Labute approximate surface area is 210 Å². The van der Waals surface area contributed by atoms with Gasteiger partial charge in [-0.1, -0.05) is 18.2 Å². The fraction of sp³-hybridized carbons (Fsp3) is 0.417. The van der Waals surface area contributed by atoms with Gasteiger partial charge in [0, 0.05) is 44.7 Å². The minimum absolute atomic E-state index is 0.0997. The highest BCUT2D eigenvalue weighted by Gasteiger charge is 2.38. The average molecular weight is 522 g/mol. The van der Waals surface area contributed by atoms with E-state index in [1.54, 1.807) is 0 Å². The van der Waals surface area contributed by atoms with Crippen LogP contribution in [-0.4, -0.2) is 67.6 Å². The van der Waals surface area contributed by atoms with Crippen LogP contribution in [0.25, 0.3) is 11.3 Å². The van der Waals surface area contributed by atoms with Gasteiger partial charge < -0.3 is 14.6 Å². The molecular formula is C24H26F3N5O3S. The van der Waals surface area contributed by atoms with E-state index in [0.717, 1.165) is 47.5 Å². The fourth-order valence-corrected chi connectivity index (χ4v) is 5.44. The molecule has 1 amide bonds. The second-order valence-electron chi connectivity index (χ2n) is 8.82. The molecule has 0 aliphatic carbocycles. The first-order valence-corrected chi connectivity index (χ1v) is 12.1. The molecule has 3 aromatic rings. The number of hydrogen-bond acceptors (Lipinski definition) is 6. The molecule has 8 nitrogen and oxygen atoms in total. The van der Waals surface area contributed by atoms with Crippen molar-refractivity contribution < 1.29 is 27.9 Å². The third kappa shape index (κ3) is 5.29. The molecule has 12 heteroatoms. The van der Waals surface area contributed by atoms with Gasteiger partial charge in [-0.25, -0.2) is 14.8 Å². The minimum Gasteiger partial charge on any atom is -0.475 e. The number of benzene rings is 1. The molecule has 0 unspecified atom stereocenters. The van der Waals surface area contributed by atoms with Crippen LogP contribution in [0.1, 0.15) is 37.3 Å². The second-order valence-corrected chi connectivity index (χ2v) is 10.0. The predicted octanol–water partition coefficient (Wildman–Crippen LogP) is 3.90.